The molecule has 1 N–H and O–H groups in total. The topological polar surface area (TPSA) is 41.6 Å². The van der Waals surface area contributed by atoms with E-state index in [2.05, 4.69) is 12.2 Å². The van der Waals surface area contributed by atoms with Gasteiger partial charge in [0.2, 0.25) is 5.91 Å². The first kappa shape index (κ1) is 13.9. The SMILES string of the molecule is COc1ccc([C@@H](C)NCC(=O)N2CCCC2)cc1. The number of carbonyl (C=O) groups excluding carboxylic acids is 1. The molecule has 0 saturated carbocycles. The first-order valence-electron chi connectivity index (χ1n) is 6.86. The van der Waals surface area contributed by atoms with E-state index in [1.54, 1.807) is 7.11 Å². The van der Waals surface area contributed by atoms with E-state index in [0.29, 0.717) is 6.54 Å². The van der Waals surface area contributed by atoms with Crippen LogP contribution < -0.4 is 10.1 Å². The molecule has 1 atom stereocenters. The van der Waals surface area contributed by atoms with Gasteiger partial charge in [0.25, 0.3) is 0 Å². The molecule has 0 aliphatic carbocycles. The fourth-order valence-electron chi connectivity index (χ4n) is 2.33. The van der Waals surface area contributed by atoms with Crippen LogP contribution in [-0.4, -0.2) is 37.6 Å². The van der Waals surface area contributed by atoms with Gasteiger partial charge < -0.3 is 15.0 Å². The molecular formula is C15H22N2O2. The Hall–Kier alpha value is -1.55. The summed E-state index contributed by atoms with van der Waals surface area (Å²) in [6, 6.07) is 8.09. The molecule has 4 heteroatoms. The highest BCUT2D eigenvalue weighted by atomic mass is 16.5. The van der Waals surface area contributed by atoms with Gasteiger partial charge in [-0.05, 0) is 37.5 Å². The Morgan fingerprint density at radius 2 is 1.95 bits per heavy atom. The summed E-state index contributed by atoms with van der Waals surface area (Å²) in [5, 5.41) is 3.28. The molecule has 4 nitrogen and oxygen atoms in total. The molecule has 1 saturated heterocycles. The van der Waals surface area contributed by atoms with E-state index in [4.69, 9.17) is 4.74 Å². The van der Waals surface area contributed by atoms with Gasteiger partial charge in [-0.1, -0.05) is 12.1 Å². The van der Waals surface area contributed by atoms with Crippen LogP contribution >= 0.6 is 0 Å². The Morgan fingerprint density at radius 3 is 2.53 bits per heavy atom. The minimum Gasteiger partial charge on any atom is -0.497 e. The standard InChI is InChI=1S/C15H22N2O2/c1-12(13-5-7-14(19-2)8-6-13)16-11-15(18)17-9-3-4-10-17/h5-8,12,16H,3-4,9-11H2,1-2H3/t12-/m1/s1. The highest BCUT2D eigenvalue weighted by Crippen LogP contribution is 2.17. The molecule has 0 aromatic heterocycles. The summed E-state index contributed by atoms with van der Waals surface area (Å²) in [5.74, 6) is 1.06. The third kappa shape index (κ3) is 3.70. The molecule has 2 rings (SSSR count). The van der Waals surface area contributed by atoms with Crippen molar-refractivity contribution in [1.29, 1.82) is 0 Å². The Kier molecular flexibility index (Phi) is 4.80. The third-order valence-corrected chi connectivity index (χ3v) is 3.63. The Labute approximate surface area is 114 Å². The monoisotopic (exact) mass is 262 g/mol. The van der Waals surface area contributed by atoms with Gasteiger partial charge in [-0.25, -0.2) is 0 Å². The van der Waals surface area contributed by atoms with Crippen molar-refractivity contribution in [3.05, 3.63) is 29.8 Å². The van der Waals surface area contributed by atoms with Crippen LogP contribution in [-0.2, 0) is 4.79 Å². The van der Waals surface area contributed by atoms with Gasteiger partial charge >= 0.3 is 0 Å². The molecule has 1 fully saturated rings. The average molecular weight is 262 g/mol. The maximum Gasteiger partial charge on any atom is 0.236 e. The summed E-state index contributed by atoms with van der Waals surface area (Å²) in [7, 11) is 1.66. The second kappa shape index (κ2) is 6.57. The molecule has 104 valence electrons. The number of nitrogens with one attached hydrogen (secondary N) is 1. The number of benzene rings is 1. The van der Waals surface area contributed by atoms with Crippen molar-refractivity contribution >= 4 is 5.91 Å². The largest absolute Gasteiger partial charge is 0.497 e. The smallest absolute Gasteiger partial charge is 0.236 e. The molecule has 19 heavy (non-hydrogen) atoms. The molecule has 0 bridgehead atoms. The van der Waals surface area contributed by atoms with Gasteiger partial charge in [0, 0.05) is 19.1 Å². The van der Waals surface area contributed by atoms with E-state index in [-0.39, 0.29) is 11.9 Å². The van der Waals surface area contributed by atoms with Crippen LogP contribution in [0.1, 0.15) is 31.4 Å². The molecular weight excluding hydrogens is 240 g/mol. The number of rotatable bonds is 5. The molecule has 1 aromatic rings. The molecule has 1 aromatic carbocycles. The summed E-state index contributed by atoms with van der Waals surface area (Å²) >= 11 is 0. The fourth-order valence-corrected chi connectivity index (χ4v) is 2.33. The van der Waals surface area contributed by atoms with Crippen LogP contribution in [0, 0.1) is 0 Å². The molecule has 1 aliphatic heterocycles. The Bertz CT molecular complexity index is 411. The summed E-state index contributed by atoms with van der Waals surface area (Å²) < 4.78 is 5.13. The summed E-state index contributed by atoms with van der Waals surface area (Å²) in [6.07, 6.45) is 2.28. The molecule has 0 unspecified atom stereocenters. The summed E-state index contributed by atoms with van der Waals surface area (Å²) in [4.78, 5) is 13.9. The van der Waals surface area contributed by atoms with Crippen LogP contribution in [0.3, 0.4) is 0 Å². The summed E-state index contributed by atoms with van der Waals surface area (Å²) in [6.45, 7) is 4.31. The summed E-state index contributed by atoms with van der Waals surface area (Å²) in [5.41, 5.74) is 1.16. The second-order valence-electron chi connectivity index (χ2n) is 4.96. The van der Waals surface area contributed by atoms with E-state index in [0.717, 1.165) is 37.2 Å². The lowest BCUT2D eigenvalue weighted by Crippen LogP contribution is -2.37. The van der Waals surface area contributed by atoms with Crippen LogP contribution in [0.5, 0.6) is 5.75 Å². The van der Waals surface area contributed by atoms with Gasteiger partial charge in [-0.2, -0.15) is 0 Å². The normalized spacial score (nSPS) is 16.4. The van der Waals surface area contributed by atoms with Crippen LogP contribution in [0.2, 0.25) is 0 Å². The van der Waals surface area contributed by atoms with Crippen molar-refractivity contribution in [3.63, 3.8) is 0 Å². The lowest BCUT2D eigenvalue weighted by Gasteiger charge is -2.18. The molecule has 1 aliphatic rings. The fraction of sp³-hybridized carbons (Fsp3) is 0.533. The minimum absolute atomic E-state index is 0.164. The zero-order valence-corrected chi connectivity index (χ0v) is 11.7. The van der Waals surface area contributed by atoms with Gasteiger partial charge in [0.05, 0.1) is 13.7 Å². The first-order valence-corrected chi connectivity index (χ1v) is 6.86. The van der Waals surface area contributed by atoms with Crippen molar-refractivity contribution in [2.75, 3.05) is 26.7 Å². The third-order valence-electron chi connectivity index (χ3n) is 3.63. The number of likely N-dealkylation sites (tertiary alicyclic amines) is 1. The number of ether oxygens (including phenoxy) is 1. The zero-order chi connectivity index (χ0) is 13.7. The predicted octanol–water partition coefficient (Wildman–Crippen LogP) is 1.97. The van der Waals surface area contributed by atoms with E-state index < -0.39 is 0 Å². The lowest BCUT2D eigenvalue weighted by molar-refractivity contribution is -0.129. The van der Waals surface area contributed by atoms with Crippen LogP contribution in [0.4, 0.5) is 0 Å². The van der Waals surface area contributed by atoms with Crippen molar-refractivity contribution in [2.24, 2.45) is 0 Å². The zero-order valence-electron chi connectivity index (χ0n) is 11.7. The van der Waals surface area contributed by atoms with Crippen LogP contribution in [0.15, 0.2) is 24.3 Å². The van der Waals surface area contributed by atoms with Gasteiger partial charge in [-0.15, -0.1) is 0 Å². The highest BCUT2D eigenvalue weighted by Gasteiger charge is 2.18. The number of amides is 1. The van der Waals surface area contributed by atoms with Gasteiger partial charge in [-0.3, -0.25) is 4.79 Å². The van der Waals surface area contributed by atoms with E-state index in [1.165, 1.54) is 0 Å². The number of carbonyl (C=O) groups is 1. The number of hydrogen-bond donors (Lipinski definition) is 1. The molecule has 0 spiro atoms. The minimum atomic E-state index is 0.164. The molecule has 0 radical (unpaired) electrons. The van der Waals surface area contributed by atoms with Crippen molar-refractivity contribution in [1.82, 2.24) is 10.2 Å². The second-order valence-corrected chi connectivity index (χ2v) is 4.96. The van der Waals surface area contributed by atoms with Crippen molar-refractivity contribution < 1.29 is 9.53 Å². The van der Waals surface area contributed by atoms with Crippen molar-refractivity contribution in [3.8, 4) is 5.75 Å². The van der Waals surface area contributed by atoms with Gasteiger partial charge in [0.15, 0.2) is 0 Å². The molecule has 1 amide bonds. The van der Waals surface area contributed by atoms with Crippen LogP contribution in [0.25, 0.3) is 0 Å². The lowest BCUT2D eigenvalue weighted by atomic mass is 10.1. The number of methoxy groups -OCH3 is 1. The molecule has 1 heterocycles. The maximum absolute atomic E-state index is 11.9. The maximum atomic E-state index is 11.9. The number of nitrogens with zero attached hydrogens (tertiary/aromatic N) is 1. The number of hydrogen-bond acceptors (Lipinski definition) is 3. The highest BCUT2D eigenvalue weighted by molar-refractivity contribution is 5.78. The average Bonchev–Trinajstić information content (AvgIpc) is 2.98. The van der Waals surface area contributed by atoms with Crippen molar-refractivity contribution in [2.45, 2.75) is 25.8 Å². The van der Waals surface area contributed by atoms with E-state index in [9.17, 15) is 4.79 Å². The predicted molar refractivity (Wildman–Crippen MR) is 75.2 cm³/mol. The Balaban J connectivity index is 1.82. The quantitative estimate of drug-likeness (QED) is 0.882. The van der Waals surface area contributed by atoms with E-state index >= 15 is 0 Å². The Morgan fingerprint density at radius 1 is 1.32 bits per heavy atom. The van der Waals surface area contributed by atoms with E-state index in [1.807, 2.05) is 29.2 Å². The first-order chi connectivity index (χ1) is 9.20. The van der Waals surface area contributed by atoms with Gasteiger partial charge in [0.1, 0.15) is 5.75 Å².